The molecule has 2 heteroatoms. The maximum Gasteiger partial charge on any atom is 0.116 e. The van der Waals surface area contributed by atoms with Crippen molar-refractivity contribution >= 4 is 0 Å². The van der Waals surface area contributed by atoms with Gasteiger partial charge in [0.2, 0.25) is 0 Å². The summed E-state index contributed by atoms with van der Waals surface area (Å²) in [5.74, 6) is 0. The van der Waals surface area contributed by atoms with Crippen LogP contribution in [-0.4, -0.2) is 19.9 Å². The van der Waals surface area contributed by atoms with E-state index in [0.29, 0.717) is 6.42 Å². The van der Waals surface area contributed by atoms with Crippen LogP contribution < -0.4 is 0 Å². The van der Waals surface area contributed by atoms with Crippen LogP contribution in [0.3, 0.4) is 0 Å². The van der Waals surface area contributed by atoms with Gasteiger partial charge in [0.05, 0.1) is 6.10 Å². The predicted molar refractivity (Wildman–Crippen MR) is 26.7 cm³/mol. The Bertz CT molecular complexity index is 29.6. The molecule has 0 rings (SSSR count). The fraction of sp³-hybridized carbons (Fsp3) is 0.800. The van der Waals surface area contributed by atoms with Gasteiger partial charge in [0.15, 0.2) is 0 Å². The van der Waals surface area contributed by atoms with Gasteiger partial charge in [-0.2, -0.15) is 0 Å². The van der Waals surface area contributed by atoms with Crippen LogP contribution in [0.25, 0.3) is 0 Å². The van der Waals surface area contributed by atoms with Crippen molar-refractivity contribution in [2.75, 3.05) is 13.8 Å². The molecule has 0 saturated heterocycles. The van der Waals surface area contributed by atoms with Gasteiger partial charge in [-0.25, -0.2) is 4.39 Å². The summed E-state index contributed by atoms with van der Waals surface area (Å²) in [6, 6.07) is 0. The van der Waals surface area contributed by atoms with E-state index < -0.39 is 6.67 Å². The van der Waals surface area contributed by atoms with E-state index in [2.05, 4.69) is 11.7 Å². The first kappa shape index (κ1) is 6.89. The topological polar surface area (TPSA) is 9.23 Å². The molecule has 0 saturated carbocycles. The van der Waals surface area contributed by atoms with Crippen LogP contribution in [0.5, 0.6) is 0 Å². The Kier molecular flexibility index (Phi) is 4.00. The summed E-state index contributed by atoms with van der Waals surface area (Å²) in [4.78, 5) is 0. The van der Waals surface area contributed by atoms with Crippen LogP contribution in [0, 0.1) is 6.92 Å². The maximum atomic E-state index is 11.5. The number of hydrogen-bond donors (Lipinski definition) is 0. The van der Waals surface area contributed by atoms with E-state index in [-0.39, 0.29) is 6.10 Å². The SMILES string of the molecule is [CH2]CC(CF)OC. The van der Waals surface area contributed by atoms with Crippen LogP contribution >= 0.6 is 0 Å². The molecule has 1 unspecified atom stereocenters. The number of hydrogen-bond acceptors (Lipinski definition) is 1. The second-order valence-electron chi connectivity index (χ2n) is 1.30. The molecule has 0 amide bonds. The lowest BCUT2D eigenvalue weighted by atomic mass is 10.3. The quantitative estimate of drug-likeness (QED) is 0.524. The summed E-state index contributed by atoms with van der Waals surface area (Å²) in [5, 5.41) is 0. The summed E-state index contributed by atoms with van der Waals surface area (Å²) in [7, 11) is 1.48. The van der Waals surface area contributed by atoms with Crippen molar-refractivity contribution in [2.24, 2.45) is 0 Å². The molecule has 0 bridgehead atoms. The van der Waals surface area contributed by atoms with E-state index in [0.717, 1.165) is 0 Å². The molecule has 0 aromatic carbocycles. The maximum absolute atomic E-state index is 11.5. The summed E-state index contributed by atoms with van der Waals surface area (Å²) < 4.78 is 16.1. The smallest absolute Gasteiger partial charge is 0.116 e. The lowest BCUT2D eigenvalue weighted by Gasteiger charge is -2.04. The highest BCUT2D eigenvalue weighted by atomic mass is 19.1. The number of methoxy groups -OCH3 is 1. The molecule has 0 N–H and O–H groups in total. The molecule has 7 heavy (non-hydrogen) atoms. The van der Waals surface area contributed by atoms with Crippen molar-refractivity contribution in [1.82, 2.24) is 0 Å². The molecule has 1 radical (unpaired) electrons. The van der Waals surface area contributed by atoms with Crippen molar-refractivity contribution in [3.8, 4) is 0 Å². The number of alkyl halides is 1. The van der Waals surface area contributed by atoms with Gasteiger partial charge >= 0.3 is 0 Å². The minimum atomic E-state index is -0.431. The highest BCUT2D eigenvalue weighted by Crippen LogP contribution is 1.93. The second kappa shape index (κ2) is 4.06. The first-order valence-corrected chi connectivity index (χ1v) is 2.23. The summed E-state index contributed by atoms with van der Waals surface area (Å²) in [6.07, 6.45) is 0.215. The van der Waals surface area contributed by atoms with E-state index in [1.54, 1.807) is 0 Å². The van der Waals surface area contributed by atoms with E-state index in [1.165, 1.54) is 7.11 Å². The molecule has 1 nitrogen and oxygen atoms in total. The first-order valence-electron chi connectivity index (χ1n) is 2.23. The normalized spacial score (nSPS) is 14.1. The molecule has 1 atom stereocenters. The third-order valence-electron chi connectivity index (χ3n) is 0.827. The predicted octanol–water partition coefficient (Wildman–Crippen LogP) is 1.20. The standard InChI is InChI=1S/C5H10FO/c1-3-5(4-6)7-2/h5H,1,3-4H2,2H3. The summed E-state index contributed by atoms with van der Waals surface area (Å²) in [6.45, 7) is 3.03. The lowest BCUT2D eigenvalue weighted by molar-refractivity contribution is 0.0813. The van der Waals surface area contributed by atoms with Crippen molar-refractivity contribution < 1.29 is 9.13 Å². The molecular weight excluding hydrogens is 95.1 g/mol. The molecule has 0 aliphatic rings. The Morgan fingerprint density at radius 2 is 2.43 bits per heavy atom. The van der Waals surface area contributed by atoms with Crippen LogP contribution in [0.4, 0.5) is 4.39 Å². The zero-order valence-electron chi connectivity index (χ0n) is 4.48. The number of ether oxygens (including phenoxy) is 1. The highest BCUT2D eigenvalue weighted by Gasteiger charge is 1.99. The number of halogens is 1. The van der Waals surface area contributed by atoms with Gasteiger partial charge < -0.3 is 4.74 Å². The lowest BCUT2D eigenvalue weighted by Crippen LogP contribution is -2.10. The molecule has 0 spiro atoms. The van der Waals surface area contributed by atoms with Crippen molar-refractivity contribution in [1.29, 1.82) is 0 Å². The summed E-state index contributed by atoms with van der Waals surface area (Å²) >= 11 is 0. The van der Waals surface area contributed by atoms with Gasteiger partial charge in [-0.1, -0.05) is 6.92 Å². The van der Waals surface area contributed by atoms with Gasteiger partial charge in [-0.3, -0.25) is 0 Å². The second-order valence-corrected chi connectivity index (χ2v) is 1.30. The Hall–Kier alpha value is -0.110. The van der Waals surface area contributed by atoms with Crippen LogP contribution in [0.1, 0.15) is 6.42 Å². The third kappa shape index (κ3) is 2.57. The van der Waals surface area contributed by atoms with Gasteiger partial charge in [-0.15, -0.1) is 0 Å². The third-order valence-corrected chi connectivity index (χ3v) is 0.827. The molecule has 0 aliphatic carbocycles. The zero-order valence-corrected chi connectivity index (χ0v) is 4.48. The van der Waals surface area contributed by atoms with Crippen molar-refractivity contribution in [3.05, 3.63) is 6.92 Å². The fourth-order valence-corrected chi connectivity index (χ4v) is 0.258. The number of rotatable bonds is 3. The molecule has 43 valence electrons. The van der Waals surface area contributed by atoms with Crippen molar-refractivity contribution in [2.45, 2.75) is 12.5 Å². The van der Waals surface area contributed by atoms with E-state index in [9.17, 15) is 4.39 Å². The Labute approximate surface area is 43.5 Å². The average Bonchev–Trinajstić information content (AvgIpc) is 1.72. The monoisotopic (exact) mass is 105 g/mol. The average molecular weight is 105 g/mol. The molecule has 0 heterocycles. The molecule has 0 aliphatic heterocycles. The first-order chi connectivity index (χ1) is 3.35. The van der Waals surface area contributed by atoms with Crippen molar-refractivity contribution in [3.63, 3.8) is 0 Å². The Balaban J connectivity index is 2.99. The Morgan fingerprint density at radius 3 is 2.43 bits per heavy atom. The molecule has 0 aromatic heterocycles. The van der Waals surface area contributed by atoms with Gasteiger partial charge in [0, 0.05) is 7.11 Å². The fourth-order valence-electron chi connectivity index (χ4n) is 0.258. The largest absolute Gasteiger partial charge is 0.379 e. The van der Waals surface area contributed by atoms with Crippen LogP contribution in [0.15, 0.2) is 0 Å². The summed E-state index contributed by atoms with van der Waals surface area (Å²) in [5.41, 5.74) is 0. The van der Waals surface area contributed by atoms with Gasteiger partial charge in [0.1, 0.15) is 6.67 Å². The van der Waals surface area contributed by atoms with E-state index in [4.69, 9.17) is 0 Å². The van der Waals surface area contributed by atoms with Crippen LogP contribution in [-0.2, 0) is 4.74 Å². The van der Waals surface area contributed by atoms with E-state index >= 15 is 0 Å². The Morgan fingerprint density at radius 1 is 1.86 bits per heavy atom. The van der Waals surface area contributed by atoms with Gasteiger partial charge in [0.25, 0.3) is 0 Å². The molecule has 0 fully saturated rings. The van der Waals surface area contributed by atoms with Crippen LogP contribution in [0.2, 0.25) is 0 Å². The molecule has 0 aromatic rings. The minimum Gasteiger partial charge on any atom is -0.379 e. The zero-order chi connectivity index (χ0) is 5.70. The minimum absolute atomic E-state index is 0.292. The molecular formula is C5H10FO. The highest BCUT2D eigenvalue weighted by molar-refractivity contribution is 4.54. The van der Waals surface area contributed by atoms with Gasteiger partial charge in [-0.05, 0) is 6.42 Å². The van der Waals surface area contributed by atoms with E-state index in [1.807, 2.05) is 0 Å².